The first-order chi connectivity index (χ1) is 14.3. The molecule has 10 heteroatoms. The highest BCUT2D eigenvalue weighted by Crippen LogP contribution is 2.38. The van der Waals surface area contributed by atoms with Gasteiger partial charge in [-0.05, 0) is 31.5 Å². The summed E-state index contributed by atoms with van der Waals surface area (Å²) in [5.41, 5.74) is -0.995. The van der Waals surface area contributed by atoms with Gasteiger partial charge in [0.15, 0.2) is 5.75 Å². The summed E-state index contributed by atoms with van der Waals surface area (Å²) in [4.78, 5) is 38.3. The maximum atomic E-state index is 12.6. The van der Waals surface area contributed by atoms with Crippen LogP contribution in [0.25, 0.3) is 10.9 Å². The fourth-order valence-corrected chi connectivity index (χ4v) is 2.76. The summed E-state index contributed by atoms with van der Waals surface area (Å²) in [6, 6.07) is 9.25. The SMILES string of the molecule is CC[C@@H](C)Oc1c(OC)cc(C=Nn2c(=O)[nH]c3ccccc3c2=O)cc1[N+](=O)[O-]. The molecule has 0 spiro atoms. The maximum absolute atomic E-state index is 12.6. The zero-order valence-corrected chi connectivity index (χ0v) is 16.6. The lowest BCUT2D eigenvalue weighted by Crippen LogP contribution is -2.32. The average Bonchev–Trinajstić information content (AvgIpc) is 2.73. The van der Waals surface area contributed by atoms with Gasteiger partial charge in [-0.1, -0.05) is 19.1 Å². The second kappa shape index (κ2) is 8.60. The third-order valence-electron chi connectivity index (χ3n) is 4.47. The van der Waals surface area contributed by atoms with Crippen LogP contribution in [0.2, 0.25) is 0 Å². The van der Waals surface area contributed by atoms with Crippen LogP contribution >= 0.6 is 0 Å². The number of H-pyrrole nitrogens is 1. The number of nitro groups is 1. The molecule has 0 aliphatic rings. The Kier molecular flexibility index (Phi) is 5.95. The number of rotatable bonds is 7. The van der Waals surface area contributed by atoms with Gasteiger partial charge in [-0.3, -0.25) is 14.9 Å². The van der Waals surface area contributed by atoms with Crippen LogP contribution in [0.1, 0.15) is 25.8 Å². The van der Waals surface area contributed by atoms with Crippen molar-refractivity contribution in [2.75, 3.05) is 7.11 Å². The van der Waals surface area contributed by atoms with Crippen molar-refractivity contribution >= 4 is 22.8 Å². The second-order valence-electron chi connectivity index (χ2n) is 6.50. The molecule has 0 bridgehead atoms. The first-order valence-electron chi connectivity index (χ1n) is 9.17. The highest BCUT2D eigenvalue weighted by Gasteiger charge is 2.23. The molecule has 0 fully saturated rings. The molecule has 2 aromatic carbocycles. The Morgan fingerprint density at radius 3 is 2.70 bits per heavy atom. The molecule has 1 aromatic heterocycles. The van der Waals surface area contributed by atoms with Gasteiger partial charge in [-0.25, -0.2) is 4.79 Å². The molecule has 3 aromatic rings. The van der Waals surface area contributed by atoms with Crippen molar-refractivity contribution in [1.29, 1.82) is 0 Å². The molecule has 0 aliphatic carbocycles. The van der Waals surface area contributed by atoms with Crippen LogP contribution in [0.15, 0.2) is 51.1 Å². The largest absolute Gasteiger partial charge is 0.493 e. The molecule has 1 N–H and O–H groups in total. The maximum Gasteiger partial charge on any atom is 0.349 e. The number of para-hydroxylation sites is 1. The van der Waals surface area contributed by atoms with Gasteiger partial charge in [-0.15, -0.1) is 4.68 Å². The Morgan fingerprint density at radius 1 is 1.30 bits per heavy atom. The second-order valence-corrected chi connectivity index (χ2v) is 6.50. The minimum absolute atomic E-state index is 0.00900. The van der Waals surface area contributed by atoms with Gasteiger partial charge >= 0.3 is 11.4 Å². The Labute approximate surface area is 170 Å². The molecule has 10 nitrogen and oxygen atoms in total. The zero-order chi connectivity index (χ0) is 21.8. The number of fused-ring (bicyclic) bond motifs is 1. The lowest BCUT2D eigenvalue weighted by atomic mass is 10.1. The van der Waals surface area contributed by atoms with Crippen molar-refractivity contribution in [3.05, 3.63) is 72.9 Å². The minimum Gasteiger partial charge on any atom is -0.493 e. The lowest BCUT2D eigenvalue weighted by Gasteiger charge is -2.15. The van der Waals surface area contributed by atoms with E-state index >= 15 is 0 Å². The number of aromatic nitrogens is 2. The normalized spacial score (nSPS) is 12.2. The molecule has 1 atom stereocenters. The molecule has 0 aliphatic heterocycles. The Morgan fingerprint density at radius 2 is 2.03 bits per heavy atom. The fourth-order valence-electron chi connectivity index (χ4n) is 2.76. The first kappa shape index (κ1) is 20.8. The van der Waals surface area contributed by atoms with E-state index in [4.69, 9.17) is 9.47 Å². The van der Waals surface area contributed by atoms with Gasteiger partial charge in [0.1, 0.15) is 0 Å². The van der Waals surface area contributed by atoms with Crippen molar-refractivity contribution in [1.82, 2.24) is 9.66 Å². The molecule has 0 amide bonds. The number of nitrogens with zero attached hydrogens (tertiary/aromatic N) is 3. The predicted octanol–water partition coefficient (Wildman–Crippen LogP) is 2.67. The quantitative estimate of drug-likeness (QED) is 0.361. The third-order valence-corrected chi connectivity index (χ3v) is 4.47. The van der Waals surface area contributed by atoms with Gasteiger partial charge in [0.2, 0.25) is 5.75 Å². The van der Waals surface area contributed by atoms with Crippen LogP contribution in [0.4, 0.5) is 5.69 Å². The van der Waals surface area contributed by atoms with Crippen molar-refractivity contribution in [2.24, 2.45) is 5.10 Å². The molecular weight excluding hydrogens is 392 g/mol. The third kappa shape index (κ3) is 4.07. The van der Waals surface area contributed by atoms with E-state index in [-0.39, 0.29) is 34.2 Å². The molecule has 0 saturated carbocycles. The van der Waals surface area contributed by atoms with E-state index in [0.717, 1.165) is 0 Å². The number of hydrogen-bond acceptors (Lipinski definition) is 7. The average molecular weight is 412 g/mol. The van der Waals surface area contributed by atoms with Crippen LogP contribution in [0.3, 0.4) is 0 Å². The summed E-state index contributed by atoms with van der Waals surface area (Å²) in [6.45, 7) is 3.68. The molecule has 1 heterocycles. The molecule has 3 rings (SSSR count). The van der Waals surface area contributed by atoms with Gasteiger partial charge in [0, 0.05) is 11.6 Å². The van der Waals surface area contributed by atoms with Crippen molar-refractivity contribution in [3.8, 4) is 11.5 Å². The van der Waals surface area contributed by atoms with Gasteiger partial charge in [0.05, 0.1) is 35.3 Å². The standard InChI is InChI=1S/C20H20N4O6/c1-4-12(2)30-18-16(24(27)28)9-13(10-17(18)29-3)11-21-23-19(25)14-7-5-6-8-15(14)22-20(23)26/h5-12H,4H2,1-3H3,(H,22,26)/t12-/m1/s1. The Balaban J connectivity index is 2.09. The number of aromatic amines is 1. The summed E-state index contributed by atoms with van der Waals surface area (Å²) in [5.74, 6) is 0.153. The van der Waals surface area contributed by atoms with E-state index in [1.165, 1.54) is 25.5 Å². The number of ether oxygens (including phenoxy) is 2. The summed E-state index contributed by atoms with van der Waals surface area (Å²) < 4.78 is 11.6. The predicted molar refractivity (Wildman–Crippen MR) is 112 cm³/mol. The Hall–Kier alpha value is -3.95. The number of methoxy groups -OCH3 is 1. The van der Waals surface area contributed by atoms with E-state index < -0.39 is 16.2 Å². The van der Waals surface area contributed by atoms with Gasteiger partial charge < -0.3 is 14.5 Å². The summed E-state index contributed by atoms with van der Waals surface area (Å²) in [7, 11) is 1.36. The van der Waals surface area contributed by atoms with Crippen molar-refractivity contribution < 1.29 is 14.4 Å². The molecule has 0 unspecified atom stereocenters. The first-order valence-corrected chi connectivity index (χ1v) is 9.17. The minimum atomic E-state index is -0.729. The van der Waals surface area contributed by atoms with Gasteiger partial charge in [0.25, 0.3) is 5.56 Å². The topological polar surface area (TPSA) is 129 Å². The van der Waals surface area contributed by atoms with Gasteiger partial charge in [-0.2, -0.15) is 5.10 Å². The monoisotopic (exact) mass is 412 g/mol. The van der Waals surface area contributed by atoms with E-state index in [0.29, 0.717) is 16.6 Å². The number of hydrogen-bond donors (Lipinski definition) is 1. The highest BCUT2D eigenvalue weighted by molar-refractivity contribution is 5.83. The summed E-state index contributed by atoms with van der Waals surface area (Å²) in [5, 5.41) is 15.8. The van der Waals surface area contributed by atoms with E-state index in [1.54, 1.807) is 31.2 Å². The van der Waals surface area contributed by atoms with E-state index in [2.05, 4.69) is 10.1 Å². The van der Waals surface area contributed by atoms with Crippen LogP contribution in [-0.2, 0) is 0 Å². The smallest absolute Gasteiger partial charge is 0.349 e. The van der Waals surface area contributed by atoms with Crippen LogP contribution in [0.5, 0.6) is 11.5 Å². The Bertz CT molecular complexity index is 1240. The highest BCUT2D eigenvalue weighted by atomic mass is 16.6. The van der Waals surface area contributed by atoms with Crippen LogP contribution in [0, 0.1) is 10.1 Å². The van der Waals surface area contributed by atoms with E-state index in [9.17, 15) is 19.7 Å². The van der Waals surface area contributed by atoms with Crippen molar-refractivity contribution in [3.63, 3.8) is 0 Å². The molecular formula is C20H20N4O6. The van der Waals surface area contributed by atoms with Crippen LogP contribution in [-0.4, -0.2) is 34.0 Å². The zero-order valence-electron chi connectivity index (χ0n) is 16.6. The molecule has 0 radical (unpaired) electrons. The molecule has 30 heavy (non-hydrogen) atoms. The van der Waals surface area contributed by atoms with E-state index in [1.807, 2.05) is 6.92 Å². The molecule has 156 valence electrons. The molecule has 0 saturated heterocycles. The fraction of sp³-hybridized carbons (Fsp3) is 0.250. The number of benzene rings is 2. The lowest BCUT2D eigenvalue weighted by molar-refractivity contribution is -0.386. The number of nitrogens with one attached hydrogen (secondary N) is 1. The summed E-state index contributed by atoms with van der Waals surface area (Å²) in [6.07, 6.45) is 1.57. The summed E-state index contributed by atoms with van der Waals surface area (Å²) >= 11 is 0. The van der Waals surface area contributed by atoms with Crippen LogP contribution < -0.4 is 20.7 Å². The van der Waals surface area contributed by atoms with Crippen molar-refractivity contribution in [2.45, 2.75) is 26.4 Å². The number of nitro benzene ring substituents is 1.